The van der Waals surface area contributed by atoms with Crippen molar-refractivity contribution in [3.63, 3.8) is 0 Å². The predicted octanol–water partition coefficient (Wildman–Crippen LogP) is 0.265. The molecule has 4 heteroatoms. The van der Waals surface area contributed by atoms with Gasteiger partial charge in [0.05, 0.1) is 12.2 Å². The average Bonchev–Trinajstić information content (AvgIpc) is 2.20. The van der Waals surface area contributed by atoms with E-state index in [9.17, 15) is 0 Å². The summed E-state index contributed by atoms with van der Waals surface area (Å²) in [4.78, 5) is 1.87. The minimum absolute atomic E-state index is 0.542. The molecule has 0 radical (unpaired) electrons. The Kier molecular flexibility index (Phi) is 3.89. The Morgan fingerprint density at radius 2 is 2.29 bits per heavy atom. The molecular formula is C10H14N4. The lowest BCUT2D eigenvalue weighted by Gasteiger charge is -2.13. The minimum atomic E-state index is 0.542. The first kappa shape index (κ1) is 10.5. The van der Waals surface area contributed by atoms with Crippen molar-refractivity contribution in [1.82, 2.24) is 15.5 Å². The third-order valence-electron chi connectivity index (χ3n) is 1.78. The lowest BCUT2D eigenvalue weighted by molar-refractivity contribution is 0.763. The van der Waals surface area contributed by atoms with Crippen LogP contribution in [0, 0.1) is 12.3 Å². The van der Waals surface area contributed by atoms with Gasteiger partial charge in [-0.2, -0.15) is 5.10 Å². The second-order valence-corrected chi connectivity index (χ2v) is 2.97. The molecule has 0 aliphatic carbocycles. The second-order valence-electron chi connectivity index (χ2n) is 2.97. The smallest absolute Gasteiger partial charge is 0.151 e. The topological polar surface area (TPSA) is 41.0 Å². The van der Waals surface area contributed by atoms with Crippen molar-refractivity contribution in [2.75, 3.05) is 25.5 Å². The van der Waals surface area contributed by atoms with E-state index in [-0.39, 0.29) is 0 Å². The highest BCUT2D eigenvalue weighted by molar-refractivity contribution is 5.37. The van der Waals surface area contributed by atoms with Crippen molar-refractivity contribution in [2.24, 2.45) is 0 Å². The average molecular weight is 190 g/mol. The summed E-state index contributed by atoms with van der Waals surface area (Å²) in [5.74, 6) is 3.35. The molecule has 1 rings (SSSR count). The summed E-state index contributed by atoms with van der Waals surface area (Å²) < 4.78 is 0. The number of anilines is 1. The molecular weight excluding hydrogens is 176 g/mol. The number of hydrogen-bond acceptors (Lipinski definition) is 4. The standard InChI is InChI=1S/C10H14N4/c1-4-7-14(3)10-6-5-9(8-11-2)12-13-10/h1,5-6,11H,7-8H2,2-3H3. The molecule has 1 aromatic rings. The molecule has 0 aliphatic rings. The number of aromatic nitrogens is 2. The van der Waals surface area contributed by atoms with Crippen LogP contribution >= 0.6 is 0 Å². The summed E-state index contributed by atoms with van der Waals surface area (Å²) in [6.45, 7) is 1.27. The third kappa shape index (κ3) is 2.71. The van der Waals surface area contributed by atoms with Crippen molar-refractivity contribution < 1.29 is 0 Å². The van der Waals surface area contributed by atoms with E-state index in [2.05, 4.69) is 21.4 Å². The molecule has 1 heterocycles. The van der Waals surface area contributed by atoms with E-state index in [1.54, 1.807) is 0 Å². The SMILES string of the molecule is C#CCN(C)c1ccc(CNC)nn1. The first-order valence-electron chi connectivity index (χ1n) is 4.39. The van der Waals surface area contributed by atoms with Crippen LogP contribution in [-0.4, -0.2) is 30.8 Å². The van der Waals surface area contributed by atoms with Crippen LogP contribution in [0.5, 0.6) is 0 Å². The largest absolute Gasteiger partial charge is 0.347 e. The third-order valence-corrected chi connectivity index (χ3v) is 1.78. The van der Waals surface area contributed by atoms with E-state index in [0.717, 1.165) is 18.1 Å². The van der Waals surface area contributed by atoms with Gasteiger partial charge in [0.1, 0.15) is 0 Å². The maximum Gasteiger partial charge on any atom is 0.151 e. The maximum absolute atomic E-state index is 5.19. The zero-order valence-electron chi connectivity index (χ0n) is 8.49. The predicted molar refractivity (Wildman–Crippen MR) is 56.9 cm³/mol. The van der Waals surface area contributed by atoms with Crippen LogP contribution < -0.4 is 10.2 Å². The lowest BCUT2D eigenvalue weighted by Crippen LogP contribution is -2.19. The van der Waals surface area contributed by atoms with Gasteiger partial charge in [0.25, 0.3) is 0 Å². The Morgan fingerprint density at radius 1 is 1.50 bits per heavy atom. The maximum atomic E-state index is 5.19. The van der Waals surface area contributed by atoms with Crippen LogP contribution in [0.1, 0.15) is 5.69 Å². The van der Waals surface area contributed by atoms with Gasteiger partial charge < -0.3 is 10.2 Å². The fraction of sp³-hybridized carbons (Fsp3) is 0.400. The van der Waals surface area contributed by atoms with Crippen LogP contribution in [0.4, 0.5) is 5.82 Å². The minimum Gasteiger partial charge on any atom is -0.347 e. The zero-order chi connectivity index (χ0) is 10.4. The van der Waals surface area contributed by atoms with Gasteiger partial charge in [0.2, 0.25) is 0 Å². The molecule has 0 unspecified atom stereocenters. The monoisotopic (exact) mass is 190 g/mol. The Bertz CT molecular complexity index is 312. The van der Waals surface area contributed by atoms with Gasteiger partial charge in [0, 0.05) is 13.6 Å². The van der Waals surface area contributed by atoms with Gasteiger partial charge in [-0.15, -0.1) is 11.5 Å². The number of hydrogen-bond donors (Lipinski definition) is 1. The molecule has 0 bridgehead atoms. The first-order valence-corrected chi connectivity index (χ1v) is 4.39. The van der Waals surface area contributed by atoms with Crippen LogP contribution in [0.2, 0.25) is 0 Å². The number of nitrogens with zero attached hydrogens (tertiary/aromatic N) is 3. The quantitative estimate of drug-likeness (QED) is 0.692. The molecule has 0 amide bonds. The van der Waals surface area contributed by atoms with Crippen LogP contribution in [-0.2, 0) is 6.54 Å². The summed E-state index contributed by atoms with van der Waals surface area (Å²) in [5.41, 5.74) is 0.922. The molecule has 74 valence electrons. The van der Waals surface area contributed by atoms with E-state index >= 15 is 0 Å². The van der Waals surface area contributed by atoms with Crippen LogP contribution in [0.25, 0.3) is 0 Å². The lowest BCUT2D eigenvalue weighted by atomic mass is 10.3. The molecule has 0 spiro atoms. The zero-order valence-corrected chi connectivity index (χ0v) is 8.49. The molecule has 0 aromatic carbocycles. The molecule has 0 atom stereocenters. The van der Waals surface area contributed by atoms with Crippen molar-refractivity contribution in [3.05, 3.63) is 17.8 Å². The fourth-order valence-corrected chi connectivity index (χ4v) is 1.05. The highest BCUT2D eigenvalue weighted by Gasteiger charge is 2.01. The fourth-order valence-electron chi connectivity index (χ4n) is 1.05. The van der Waals surface area contributed by atoms with Crippen molar-refractivity contribution >= 4 is 5.82 Å². The molecule has 0 fully saturated rings. The Labute approximate surface area is 84.3 Å². The van der Waals surface area contributed by atoms with E-state index < -0.39 is 0 Å². The second kappa shape index (κ2) is 5.20. The Balaban J connectivity index is 2.68. The summed E-state index contributed by atoms with van der Waals surface area (Å²) in [7, 11) is 3.77. The number of nitrogens with one attached hydrogen (secondary N) is 1. The summed E-state index contributed by atoms with van der Waals surface area (Å²) in [6, 6.07) is 3.85. The van der Waals surface area contributed by atoms with Crippen LogP contribution in [0.3, 0.4) is 0 Å². The summed E-state index contributed by atoms with van der Waals surface area (Å²) in [6.07, 6.45) is 5.19. The van der Waals surface area contributed by atoms with E-state index in [1.165, 1.54) is 0 Å². The normalized spacial score (nSPS) is 9.50. The molecule has 1 aromatic heterocycles. The first-order chi connectivity index (χ1) is 6.77. The molecule has 14 heavy (non-hydrogen) atoms. The van der Waals surface area contributed by atoms with Gasteiger partial charge in [-0.1, -0.05) is 5.92 Å². The van der Waals surface area contributed by atoms with Crippen molar-refractivity contribution in [1.29, 1.82) is 0 Å². The van der Waals surface area contributed by atoms with Gasteiger partial charge in [-0.05, 0) is 19.2 Å². The van der Waals surface area contributed by atoms with Gasteiger partial charge in [0.15, 0.2) is 5.82 Å². The van der Waals surface area contributed by atoms with Crippen molar-refractivity contribution in [3.8, 4) is 12.3 Å². The molecule has 1 N–H and O–H groups in total. The van der Waals surface area contributed by atoms with Gasteiger partial charge in [-0.3, -0.25) is 0 Å². The number of rotatable bonds is 4. The highest BCUT2D eigenvalue weighted by atomic mass is 15.2. The summed E-state index contributed by atoms with van der Waals surface area (Å²) >= 11 is 0. The highest BCUT2D eigenvalue weighted by Crippen LogP contribution is 2.06. The molecule has 0 aliphatic heterocycles. The van der Waals surface area contributed by atoms with E-state index in [4.69, 9.17) is 6.42 Å². The Hall–Kier alpha value is -1.60. The van der Waals surface area contributed by atoms with Crippen molar-refractivity contribution in [2.45, 2.75) is 6.54 Å². The molecule has 0 saturated heterocycles. The number of terminal acetylenes is 1. The van der Waals surface area contributed by atoms with E-state index in [0.29, 0.717) is 6.54 Å². The van der Waals surface area contributed by atoms with Gasteiger partial charge in [-0.25, -0.2) is 0 Å². The summed E-state index contributed by atoms with van der Waals surface area (Å²) in [5, 5.41) is 11.1. The van der Waals surface area contributed by atoms with Crippen LogP contribution in [0.15, 0.2) is 12.1 Å². The van der Waals surface area contributed by atoms with E-state index in [1.807, 2.05) is 31.1 Å². The molecule has 4 nitrogen and oxygen atoms in total. The van der Waals surface area contributed by atoms with Gasteiger partial charge >= 0.3 is 0 Å². The molecule has 0 saturated carbocycles. The Morgan fingerprint density at radius 3 is 2.79 bits per heavy atom.